The van der Waals surface area contributed by atoms with Gasteiger partial charge in [0.2, 0.25) is 0 Å². The number of piperidine rings is 1. The standard InChI is InChI=1S/C35H45N3O2/c1-23-18-26-11-12-27(32-9-5-15-37-34(32)33-10-3-6-24(2)38-33)21-30(26)22-29(19-23)25-7-4-8-28(20-25)35(39)40-31-13-16-36-17-14-31/h5,15,18,20-22,25,29,31,33,36-37H,1,3-4,6-14,16-17,19H2,2H3. The molecule has 3 unspecified atom stereocenters. The van der Waals surface area contributed by atoms with Gasteiger partial charge in [0.15, 0.2) is 0 Å². The zero-order valence-electron chi connectivity index (χ0n) is 24.1. The van der Waals surface area contributed by atoms with Gasteiger partial charge in [-0.3, -0.25) is 4.99 Å². The van der Waals surface area contributed by atoms with Crippen LogP contribution in [-0.2, 0) is 9.53 Å². The van der Waals surface area contributed by atoms with Gasteiger partial charge in [-0.2, -0.15) is 0 Å². The lowest BCUT2D eigenvalue weighted by molar-refractivity contribution is -0.145. The molecule has 0 bridgehead atoms. The van der Waals surface area contributed by atoms with Gasteiger partial charge in [-0.25, -0.2) is 4.79 Å². The Balaban J connectivity index is 1.26. The van der Waals surface area contributed by atoms with Gasteiger partial charge in [0, 0.05) is 17.0 Å². The molecule has 0 aromatic carbocycles. The van der Waals surface area contributed by atoms with Crippen LogP contribution in [0.25, 0.3) is 0 Å². The van der Waals surface area contributed by atoms with E-state index in [9.17, 15) is 4.79 Å². The van der Waals surface area contributed by atoms with Crippen molar-refractivity contribution in [1.82, 2.24) is 10.6 Å². The van der Waals surface area contributed by atoms with E-state index >= 15 is 0 Å². The topological polar surface area (TPSA) is 62.7 Å². The monoisotopic (exact) mass is 539 g/mol. The zero-order valence-corrected chi connectivity index (χ0v) is 24.1. The molecular weight excluding hydrogens is 494 g/mol. The van der Waals surface area contributed by atoms with Crippen molar-refractivity contribution in [2.75, 3.05) is 13.1 Å². The summed E-state index contributed by atoms with van der Waals surface area (Å²) in [6.45, 7) is 8.47. The summed E-state index contributed by atoms with van der Waals surface area (Å²) in [5.41, 5.74) is 10.3. The quantitative estimate of drug-likeness (QED) is 0.372. The van der Waals surface area contributed by atoms with Crippen molar-refractivity contribution in [3.05, 3.63) is 82.3 Å². The molecule has 0 amide bonds. The predicted octanol–water partition coefficient (Wildman–Crippen LogP) is 6.93. The Morgan fingerprint density at radius 3 is 2.65 bits per heavy atom. The molecule has 3 aliphatic heterocycles. The maximum absolute atomic E-state index is 13.1. The van der Waals surface area contributed by atoms with Gasteiger partial charge in [0.05, 0.1) is 6.04 Å². The number of rotatable bonds is 5. The summed E-state index contributed by atoms with van der Waals surface area (Å²) in [7, 11) is 0. The van der Waals surface area contributed by atoms with Crippen molar-refractivity contribution in [3.63, 3.8) is 0 Å². The molecule has 1 fully saturated rings. The average molecular weight is 540 g/mol. The lowest BCUT2D eigenvalue weighted by atomic mass is 9.78. The number of allylic oxidation sites excluding steroid dienone is 10. The summed E-state index contributed by atoms with van der Waals surface area (Å²) in [5, 5.41) is 6.95. The number of carbonyl (C=O) groups is 1. The third-order valence-corrected chi connectivity index (χ3v) is 9.52. The van der Waals surface area contributed by atoms with Crippen molar-refractivity contribution >= 4 is 11.7 Å². The van der Waals surface area contributed by atoms with E-state index < -0.39 is 0 Å². The Labute approximate surface area is 240 Å². The van der Waals surface area contributed by atoms with E-state index in [0.29, 0.717) is 11.8 Å². The van der Waals surface area contributed by atoms with Crippen molar-refractivity contribution in [3.8, 4) is 0 Å². The van der Waals surface area contributed by atoms with Crippen LogP contribution in [0.2, 0.25) is 0 Å². The van der Waals surface area contributed by atoms with E-state index in [0.717, 1.165) is 89.3 Å². The number of fused-ring (bicyclic) bond motifs is 1. The number of aliphatic imine (C=N–C) groups is 1. The molecule has 5 heteroatoms. The Kier molecular flexibility index (Phi) is 8.38. The molecule has 0 saturated carbocycles. The number of ether oxygens (including phenoxy) is 1. The molecule has 5 nitrogen and oxygen atoms in total. The number of nitrogens with one attached hydrogen (secondary N) is 2. The Morgan fingerprint density at radius 2 is 1.80 bits per heavy atom. The first-order valence-electron chi connectivity index (χ1n) is 15.6. The van der Waals surface area contributed by atoms with Gasteiger partial charge in [0.1, 0.15) is 6.10 Å². The molecule has 3 aliphatic carbocycles. The maximum Gasteiger partial charge on any atom is 0.333 e. The fourth-order valence-corrected chi connectivity index (χ4v) is 7.37. The van der Waals surface area contributed by atoms with E-state index in [1.165, 1.54) is 45.7 Å². The van der Waals surface area contributed by atoms with Crippen molar-refractivity contribution in [2.45, 2.75) is 96.1 Å². The van der Waals surface area contributed by atoms with Crippen molar-refractivity contribution in [1.29, 1.82) is 0 Å². The first-order valence-corrected chi connectivity index (χ1v) is 15.6. The summed E-state index contributed by atoms with van der Waals surface area (Å²) in [6, 6.07) is 0.248. The summed E-state index contributed by atoms with van der Waals surface area (Å²) in [6.07, 6.45) is 26.2. The number of hydrogen-bond donors (Lipinski definition) is 2. The molecule has 6 rings (SSSR count). The molecule has 3 heterocycles. The second-order valence-corrected chi connectivity index (χ2v) is 12.5. The number of dihydropyridines is 1. The Morgan fingerprint density at radius 1 is 0.975 bits per heavy atom. The Hall–Kier alpha value is -2.92. The molecule has 1 saturated heterocycles. The van der Waals surface area contributed by atoms with Crippen LogP contribution < -0.4 is 10.6 Å². The third kappa shape index (κ3) is 6.20. The smallest absolute Gasteiger partial charge is 0.333 e. The predicted molar refractivity (Wildman–Crippen MR) is 163 cm³/mol. The van der Waals surface area contributed by atoms with Gasteiger partial charge in [-0.15, -0.1) is 0 Å². The number of esters is 1. The van der Waals surface area contributed by atoms with Crippen LogP contribution >= 0.6 is 0 Å². The Bertz CT molecular complexity index is 1250. The highest BCUT2D eigenvalue weighted by molar-refractivity contribution is 5.88. The number of carbonyl (C=O) groups excluding carboxylic acids is 1. The average Bonchev–Trinajstić information content (AvgIpc) is 3.15. The molecule has 212 valence electrons. The van der Waals surface area contributed by atoms with E-state index in [4.69, 9.17) is 9.73 Å². The van der Waals surface area contributed by atoms with E-state index in [1.807, 2.05) is 0 Å². The van der Waals surface area contributed by atoms with Crippen LogP contribution in [-0.4, -0.2) is 36.9 Å². The van der Waals surface area contributed by atoms with Crippen LogP contribution in [0, 0.1) is 11.8 Å². The molecule has 0 radical (unpaired) electrons. The summed E-state index contributed by atoms with van der Waals surface area (Å²) in [5.74, 6) is 0.597. The van der Waals surface area contributed by atoms with Crippen molar-refractivity contribution < 1.29 is 9.53 Å². The summed E-state index contributed by atoms with van der Waals surface area (Å²) >= 11 is 0. The van der Waals surface area contributed by atoms with Crippen LogP contribution in [0.1, 0.15) is 84.0 Å². The fourth-order valence-electron chi connectivity index (χ4n) is 7.37. The van der Waals surface area contributed by atoms with Crippen LogP contribution in [0.15, 0.2) is 87.3 Å². The van der Waals surface area contributed by atoms with E-state index in [2.05, 4.69) is 60.7 Å². The molecular formula is C35H45N3O2. The first kappa shape index (κ1) is 27.3. The highest BCUT2D eigenvalue weighted by Gasteiger charge is 2.30. The fraction of sp³-hybridized carbons (Fsp3) is 0.543. The van der Waals surface area contributed by atoms with Gasteiger partial charge < -0.3 is 15.4 Å². The number of hydrogen-bond acceptors (Lipinski definition) is 5. The molecule has 3 atom stereocenters. The largest absolute Gasteiger partial charge is 0.459 e. The third-order valence-electron chi connectivity index (χ3n) is 9.52. The minimum absolute atomic E-state index is 0.0545. The van der Waals surface area contributed by atoms with Gasteiger partial charge in [-0.1, -0.05) is 42.5 Å². The molecule has 2 N–H and O–H groups in total. The highest BCUT2D eigenvalue weighted by Crippen LogP contribution is 2.42. The minimum Gasteiger partial charge on any atom is -0.459 e. The van der Waals surface area contributed by atoms with E-state index in [1.54, 1.807) is 0 Å². The van der Waals surface area contributed by atoms with Crippen LogP contribution in [0.5, 0.6) is 0 Å². The number of nitrogens with zero attached hydrogens (tertiary/aromatic N) is 1. The van der Waals surface area contributed by atoms with Gasteiger partial charge >= 0.3 is 5.97 Å². The SMILES string of the molecule is C=C1C=C2CCC(C3=C(C4CCCC(C)=N4)NC=CC3)=CC2=CC(C2C=C(C(=O)OC3CCNCC3)CCC2)C1. The lowest BCUT2D eigenvalue weighted by Gasteiger charge is -2.30. The van der Waals surface area contributed by atoms with Crippen LogP contribution in [0.3, 0.4) is 0 Å². The molecule has 0 spiro atoms. The summed E-state index contributed by atoms with van der Waals surface area (Å²) in [4.78, 5) is 18.1. The van der Waals surface area contributed by atoms with Gasteiger partial charge in [0.25, 0.3) is 0 Å². The molecule has 40 heavy (non-hydrogen) atoms. The maximum atomic E-state index is 13.1. The first-order chi connectivity index (χ1) is 19.5. The molecule has 0 aromatic rings. The molecule has 0 aromatic heterocycles. The zero-order chi connectivity index (χ0) is 27.5. The lowest BCUT2D eigenvalue weighted by Crippen LogP contribution is -2.34. The van der Waals surface area contributed by atoms with Crippen LogP contribution in [0.4, 0.5) is 0 Å². The highest BCUT2D eigenvalue weighted by atomic mass is 16.5. The second-order valence-electron chi connectivity index (χ2n) is 12.5. The summed E-state index contributed by atoms with van der Waals surface area (Å²) < 4.78 is 5.92. The second kappa shape index (κ2) is 12.3. The molecule has 6 aliphatic rings. The normalized spacial score (nSPS) is 29.7. The van der Waals surface area contributed by atoms with Gasteiger partial charge in [-0.05, 0) is 137 Å². The minimum atomic E-state index is -0.0895. The van der Waals surface area contributed by atoms with Crippen molar-refractivity contribution in [2.24, 2.45) is 16.8 Å². The van der Waals surface area contributed by atoms with E-state index in [-0.39, 0.29) is 18.1 Å².